The van der Waals surface area contributed by atoms with Crippen LogP contribution in [-0.2, 0) is 0 Å². The van der Waals surface area contributed by atoms with Crippen molar-refractivity contribution in [1.82, 2.24) is 15.2 Å². The Hall–Kier alpha value is -2.27. The maximum Gasteiger partial charge on any atom is 0.208 e. The lowest BCUT2D eigenvalue weighted by molar-refractivity contribution is 0.343. The summed E-state index contributed by atoms with van der Waals surface area (Å²) in [6.07, 6.45) is 0. The van der Waals surface area contributed by atoms with E-state index in [0.29, 0.717) is 6.61 Å². The van der Waals surface area contributed by atoms with Crippen LogP contribution in [0.5, 0.6) is 5.75 Å². The van der Waals surface area contributed by atoms with Crippen LogP contribution >= 0.6 is 11.8 Å². The molecular weight excluding hydrogens is 306 g/mol. The summed E-state index contributed by atoms with van der Waals surface area (Å²) in [6.45, 7) is 4.75. The molecular formula is C18H19N3OS. The summed E-state index contributed by atoms with van der Waals surface area (Å²) in [6, 6.07) is 16.3. The van der Waals surface area contributed by atoms with E-state index in [4.69, 9.17) is 4.74 Å². The molecule has 2 aromatic carbocycles. The molecule has 0 radical (unpaired) electrons. The van der Waals surface area contributed by atoms with Crippen molar-refractivity contribution in [1.29, 1.82) is 0 Å². The number of rotatable bonds is 6. The van der Waals surface area contributed by atoms with E-state index in [2.05, 4.69) is 47.2 Å². The Bertz CT molecular complexity index is 768. The Morgan fingerprint density at radius 2 is 1.87 bits per heavy atom. The molecule has 0 fully saturated rings. The van der Waals surface area contributed by atoms with Gasteiger partial charge in [0.15, 0.2) is 5.82 Å². The number of benzene rings is 2. The minimum Gasteiger partial charge on any atom is -0.493 e. The van der Waals surface area contributed by atoms with Crippen LogP contribution in [0.15, 0.2) is 53.7 Å². The van der Waals surface area contributed by atoms with E-state index < -0.39 is 0 Å². The fraction of sp³-hybridized carbons (Fsp3) is 0.222. The van der Waals surface area contributed by atoms with Gasteiger partial charge >= 0.3 is 0 Å². The summed E-state index contributed by atoms with van der Waals surface area (Å²) < 4.78 is 5.73. The second-order valence-corrected chi connectivity index (χ2v) is 6.41. The highest BCUT2D eigenvalue weighted by molar-refractivity contribution is 7.99. The Kier molecular flexibility index (Phi) is 4.98. The van der Waals surface area contributed by atoms with E-state index >= 15 is 0 Å². The summed E-state index contributed by atoms with van der Waals surface area (Å²) in [5, 5.41) is 7.97. The molecule has 0 saturated carbocycles. The van der Waals surface area contributed by atoms with Gasteiger partial charge in [0.1, 0.15) is 5.75 Å². The zero-order valence-corrected chi connectivity index (χ0v) is 14.1. The Balaban J connectivity index is 1.50. The second kappa shape index (κ2) is 7.33. The molecule has 0 spiro atoms. The van der Waals surface area contributed by atoms with E-state index in [1.54, 1.807) is 11.8 Å². The van der Waals surface area contributed by atoms with Crippen molar-refractivity contribution >= 4 is 11.8 Å². The molecule has 0 aliphatic heterocycles. The van der Waals surface area contributed by atoms with Gasteiger partial charge in [-0.25, -0.2) is 4.98 Å². The highest BCUT2D eigenvalue weighted by Crippen LogP contribution is 2.20. The lowest BCUT2D eigenvalue weighted by atomic mass is 10.1. The van der Waals surface area contributed by atoms with Gasteiger partial charge in [0.2, 0.25) is 5.16 Å². The zero-order valence-electron chi connectivity index (χ0n) is 13.2. The highest BCUT2D eigenvalue weighted by Gasteiger charge is 2.06. The van der Waals surface area contributed by atoms with Gasteiger partial charge in [-0.1, -0.05) is 53.7 Å². The topological polar surface area (TPSA) is 50.8 Å². The number of nitrogens with one attached hydrogen (secondary N) is 1. The van der Waals surface area contributed by atoms with E-state index in [9.17, 15) is 0 Å². The van der Waals surface area contributed by atoms with Crippen molar-refractivity contribution in [3.63, 3.8) is 0 Å². The van der Waals surface area contributed by atoms with Gasteiger partial charge in [0, 0.05) is 11.3 Å². The van der Waals surface area contributed by atoms with Gasteiger partial charge in [-0.05, 0) is 31.5 Å². The first-order valence-corrected chi connectivity index (χ1v) is 8.51. The van der Waals surface area contributed by atoms with Crippen molar-refractivity contribution in [2.75, 3.05) is 12.4 Å². The van der Waals surface area contributed by atoms with Crippen LogP contribution in [0.25, 0.3) is 11.4 Å². The van der Waals surface area contributed by atoms with Crippen LogP contribution in [0.1, 0.15) is 11.1 Å². The number of aryl methyl sites for hydroxylation is 2. The van der Waals surface area contributed by atoms with E-state index in [1.165, 1.54) is 11.1 Å². The number of H-pyrrole nitrogens is 1. The zero-order chi connectivity index (χ0) is 16.1. The maximum atomic E-state index is 5.73. The molecule has 1 N–H and O–H groups in total. The number of hydrogen-bond donors (Lipinski definition) is 1. The summed E-state index contributed by atoms with van der Waals surface area (Å²) in [4.78, 5) is 4.51. The number of hydrogen-bond acceptors (Lipinski definition) is 4. The van der Waals surface area contributed by atoms with Crippen LogP contribution in [0, 0.1) is 13.8 Å². The molecule has 0 aliphatic carbocycles. The summed E-state index contributed by atoms with van der Waals surface area (Å²) in [7, 11) is 0. The number of ether oxygens (including phenoxy) is 1. The van der Waals surface area contributed by atoms with Crippen molar-refractivity contribution in [3.05, 3.63) is 59.7 Å². The predicted molar refractivity (Wildman–Crippen MR) is 94.0 cm³/mol. The maximum absolute atomic E-state index is 5.73. The lowest BCUT2D eigenvalue weighted by Crippen LogP contribution is -2.00. The fourth-order valence-electron chi connectivity index (χ4n) is 2.15. The number of thioether (sulfide) groups is 1. The molecule has 1 heterocycles. The van der Waals surface area contributed by atoms with Crippen LogP contribution in [0.4, 0.5) is 0 Å². The second-order valence-electron chi connectivity index (χ2n) is 5.35. The van der Waals surface area contributed by atoms with Gasteiger partial charge in [-0.15, -0.1) is 5.10 Å². The van der Waals surface area contributed by atoms with Crippen molar-refractivity contribution in [3.8, 4) is 17.1 Å². The van der Waals surface area contributed by atoms with Crippen LogP contribution < -0.4 is 4.74 Å². The molecule has 0 amide bonds. The van der Waals surface area contributed by atoms with E-state index in [-0.39, 0.29) is 0 Å². The third kappa shape index (κ3) is 4.36. The van der Waals surface area contributed by atoms with Gasteiger partial charge in [0.05, 0.1) is 6.61 Å². The normalized spacial score (nSPS) is 10.7. The van der Waals surface area contributed by atoms with Gasteiger partial charge < -0.3 is 4.74 Å². The molecule has 118 valence electrons. The molecule has 0 atom stereocenters. The third-order valence-electron chi connectivity index (χ3n) is 3.36. The Morgan fingerprint density at radius 1 is 1.04 bits per heavy atom. The van der Waals surface area contributed by atoms with Gasteiger partial charge in [0.25, 0.3) is 0 Å². The molecule has 0 aliphatic rings. The monoisotopic (exact) mass is 325 g/mol. The average molecular weight is 325 g/mol. The standard InChI is InChI=1S/C18H19N3OS/c1-13-6-8-15(9-7-13)17-19-18(21-20-17)23-11-10-22-16-5-3-4-14(2)12-16/h3-9,12H,10-11H2,1-2H3,(H,19,20,21). The smallest absolute Gasteiger partial charge is 0.208 e. The summed E-state index contributed by atoms with van der Waals surface area (Å²) in [5.74, 6) is 2.51. The highest BCUT2D eigenvalue weighted by atomic mass is 32.2. The molecule has 3 aromatic rings. The molecule has 0 bridgehead atoms. The first-order valence-electron chi connectivity index (χ1n) is 7.52. The quantitative estimate of drug-likeness (QED) is 0.543. The Labute approximate surface area is 140 Å². The van der Waals surface area contributed by atoms with E-state index in [0.717, 1.165) is 28.0 Å². The molecule has 3 rings (SSSR count). The van der Waals surface area contributed by atoms with Crippen molar-refractivity contribution in [2.24, 2.45) is 0 Å². The first-order chi connectivity index (χ1) is 11.2. The van der Waals surface area contributed by atoms with Crippen molar-refractivity contribution in [2.45, 2.75) is 19.0 Å². The van der Waals surface area contributed by atoms with E-state index in [1.807, 2.05) is 30.3 Å². The number of aromatic nitrogens is 3. The lowest BCUT2D eigenvalue weighted by Gasteiger charge is -2.05. The number of nitrogens with zero attached hydrogens (tertiary/aromatic N) is 2. The molecule has 4 nitrogen and oxygen atoms in total. The minimum atomic E-state index is 0.628. The SMILES string of the molecule is Cc1ccc(-c2nc(SCCOc3cccc(C)c3)n[nH]2)cc1. The first kappa shape index (κ1) is 15.6. The Morgan fingerprint density at radius 3 is 2.65 bits per heavy atom. The largest absolute Gasteiger partial charge is 0.493 e. The molecule has 0 saturated heterocycles. The van der Waals surface area contributed by atoms with Crippen LogP contribution in [0.3, 0.4) is 0 Å². The molecule has 5 heteroatoms. The van der Waals surface area contributed by atoms with Crippen LogP contribution in [-0.4, -0.2) is 27.5 Å². The molecule has 1 aromatic heterocycles. The molecule has 23 heavy (non-hydrogen) atoms. The fourth-order valence-corrected chi connectivity index (χ4v) is 2.76. The number of aromatic amines is 1. The third-order valence-corrected chi connectivity index (χ3v) is 4.17. The molecule has 0 unspecified atom stereocenters. The minimum absolute atomic E-state index is 0.628. The van der Waals surface area contributed by atoms with Gasteiger partial charge in [-0.3, -0.25) is 5.10 Å². The predicted octanol–water partition coefficient (Wildman–Crippen LogP) is 4.26. The van der Waals surface area contributed by atoms with Crippen molar-refractivity contribution < 1.29 is 4.74 Å². The van der Waals surface area contributed by atoms with Gasteiger partial charge in [-0.2, -0.15) is 0 Å². The van der Waals surface area contributed by atoms with Crippen LogP contribution in [0.2, 0.25) is 0 Å². The summed E-state index contributed by atoms with van der Waals surface area (Å²) in [5.41, 5.74) is 3.48. The average Bonchev–Trinajstić information content (AvgIpc) is 3.01. The summed E-state index contributed by atoms with van der Waals surface area (Å²) >= 11 is 1.58.